The molecule has 0 unspecified atom stereocenters. The smallest absolute Gasteiger partial charge is 0.475 e. The fourth-order valence-corrected chi connectivity index (χ4v) is 3.71. The zero-order chi connectivity index (χ0) is 30.9. The number of carbonyl (C=O) groups is 1. The van der Waals surface area contributed by atoms with Gasteiger partial charge in [-0.25, -0.2) is 19.7 Å². The van der Waals surface area contributed by atoms with Crippen molar-refractivity contribution >= 4 is 34.6 Å². The van der Waals surface area contributed by atoms with Gasteiger partial charge in [-0.15, -0.1) is 0 Å². The summed E-state index contributed by atoms with van der Waals surface area (Å²) in [7, 11) is 0. The Hall–Kier alpha value is -3.84. The fourth-order valence-electron chi connectivity index (χ4n) is 3.71. The number of carboxylic acid groups (broad SMARTS) is 1. The number of aliphatic hydroxyl groups excluding tert-OH is 1. The van der Waals surface area contributed by atoms with Crippen LogP contribution in [0.4, 0.5) is 43.9 Å². The maximum Gasteiger partial charge on any atom is 0.490 e. The molecule has 232 valence electrons. The van der Waals surface area contributed by atoms with E-state index in [1.54, 1.807) is 12.3 Å². The Balaban J connectivity index is 0.000000616. The minimum Gasteiger partial charge on any atom is -0.475 e. The predicted molar refractivity (Wildman–Crippen MR) is 134 cm³/mol. The minimum atomic E-state index is -5.08. The summed E-state index contributed by atoms with van der Waals surface area (Å²) in [5.41, 5.74) is 1.54. The van der Waals surface area contributed by atoms with Crippen molar-refractivity contribution < 1.29 is 50.8 Å². The van der Waals surface area contributed by atoms with Crippen molar-refractivity contribution in [3.8, 4) is 0 Å². The Labute approximate surface area is 234 Å². The van der Waals surface area contributed by atoms with Gasteiger partial charge in [0.1, 0.15) is 35.5 Å². The molecule has 13 nitrogen and oxygen atoms in total. The van der Waals surface area contributed by atoms with Crippen LogP contribution in [0.15, 0.2) is 18.6 Å². The molecule has 1 saturated heterocycles. The Morgan fingerprint density at radius 3 is 2.40 bits per heavy atom. The molecule has 0 aliphatic carbocycles. The summed E-state index contributed by atoms with van der Waals surface area (Å²) >= 11 is 0. The van der Waals surface area contributed by atoms with E-state index in [1.807, 2.05) is 11.8 Å². The van der Waals surface area contributed by atoms with Crippen LogP contribution in [0.3, 0.4) is 0 Å². The number of fused-ring (bicyclic) bond motifs is 1. The summed E-state index contributed by atoms with van der Waals surface area (Å²) in [4.78, 5) is 28.4. The number of rotatable bonds is 10. The number of aliphatic hydroxyl groups is 1. The molecular weight excluding hydrogens is 582 g/mol. The van der Waals surface area contributed by atoms with Gasteiger partial charge in [0.15, 0.2) is 5.82 Å². The summed E-state index contributed by atoms with van der Waals surface area (Å²) in [6, 6.07) is 1.67. The average molecular weight is 611 g/mol. The molecule has 19 heteroatoms. The lowest BCUT2D eigenvalue weighted by atomic mass is 10.1. The van der Waals surface area contributed by atoms with E-state index in [1.165, 1.54) is 11.0 Å². The van der Waals surface area contributed by atoms with E-state index < -0.39 is 24.9 Å². The molecule has 1 aliphatic rings. The highest BCUT2D eigenvalue weighted by molar-refractivity contribution is 5.90. The zero-order valence-electron chi connectivity index (χ0n) is 22.2. The highest BCUT2D eigenvalue weighted by Crippen LogP contribution is 2.30. The summed E-state index contributed by atoms with van der Waals surface area (Å²) in [5.74, 6) is -1.44. The Kier molecular flexibility index (Phi) is 11.2. The van der Waals surface area contributed by atoms with Crippen molar-refractivity contribution in [3.63, 3.8) is 0 Å². The van der Waals surface area contributed by atoms with Crippen LogP contribution in [0.1, 0.15) is 25.5 Å². The lowest BCUT2D eigenvalue weighted by molar-refractivity contribution is -0.192. The molecule has 4 rings (SSSR count). The molecule has 0 aromatic carbocycles. The third-order valence-corrected chi connectivity index (χ3v) is 5.62. The van der Waals surface area contributed by atoms with Gasteiger partial charge in [0.25, 0.3) is 0 Å². The van der Waals surface area contributed by atoms with Crippen LogP contribution >= 0.6 is 0 Å². The first-order chi connectivity index (χ1) is 19.8. The fraction of sp³-hybridized carbons (Fsp3) is 0.565. The lowest BCUT2D eigenvalue weighted by Gasteiger charge is -2.29. The van der Waals surface area contributed by atoms with Gasteiger partial charge in [-0.05, 0) is 25.8 Å². The molecule has 0 bridgehead atoms. The van der Waals surface area contributed by atoms with Crippen LogP contribution in [0, 0.1) is 0 Å². The average Bonchev–Trinajstić information content (AvgIpc) is 3.28. The largest absolute Gasteiger partial charge is 0.490 e. The van der Waals surface area contributed by atoms with Gasteiger partial charge in [-0.1, -0.05) is 0 Å². The van der Waals surface area contributed by atoms with Crippen molar-refractivity contribution in [1.82, 2.24) is 29.7 Å². The number of nitrogens with one attached hydrogen (secondary N) is 1. The molecule has 0 radical (unpaired) electrons. The molecule has 3 aromatic heterocycles. The molecule has 3 aromatic rings. The number of aliphatic carboxylic acids is 1. The Morgan fingerprint density at radius 2 is 1.83 bits per heavy atom. The van der Waals surface area contributed by atoms with Crippen LogP contribution in [0.5, 0.6) is 0 Å². The van der Waals surface area contributed by atoms with Crippen LogP contribution in [-0.2, 0) is 27.4 Å². The van der Waals surface area contributed by atoms with Crippen molar-refractivity contribution in [1.29, 1.82) is 0 Å². The SMILES string of the molecule is CCOCc1nn(CCOCC(F)(F)F)c2c(Nc3ccncn3)nc(N3CCC(O)CC3)nc12.O=C(O)C(F)(F)F. The second-order valence-corrected chi connectivity index (χ2v) is 8.78. The van der Waals surface area contributed by atoms with E-state index in [-0.39, 0.29) is 25.9 Å². The van der Waals surface area contributed by atoms with Gasteiger partial charge < -0.3 is 29.9 Å². The molecule has 3 N–H and O–H groups in total. The molecule has 4 heterocycles. The molecule has 42 heavy (non-hydrogen) atoms. The van der Waals surface area contributed by atoms with Gasteiger partial charge >= 0.3 is 18.3 Å². The molecular formula is C23H28F6N8O5. The third kappa shape index (κ3) is 9.62. The van der Waals surface area contributed by atoms with Gasteiger partial charge in [-0.2, -0.15) is 36.4 Å². The number of nitrogens with zero attached hydrogens (tertiary/aromatic N) is 7. The monoisotopic (exact) mass is 610 g/mol. The highest BCUT2D eigenvalue weighted by atomic mass is 19.4. The number of hydrogen-bond acceptors (Lipinski definition) is 11. The molecule has 1 aliphatic heterocycles. The van der Waals surface area contributed by atoms with E-state index in [9.17, 15) is 31.4 Å². The van der Waals surface area contributed by atoms with Gasteiger partial charge in [-0.3, -0.25) is 4.68 Å². The Bertz CT molecular complexity index is 1300. The van der Waals surface area contributed by atoms with E-state index in [4.69, 9.17) is 29.3 Å². The lowest BCUT2D eigenvalue weighted by Crippen LogP contribution is -2.37. The summed E-state index contributed by atoms with van der Waals surface area (Å²) in [6.45, 7) is 2.15. The zero-order valence-corrected chi connectivity index (χ0v) is 22.2. The number of piperidine rings is 1. The van der Waals surface area contributed by atoms with Crippen molar-refractivity contribution in [3.05, 3.63) is 24.3 Å². The summed E-state index contributed by atoms with van der Waals surface area (Å²) in [5, 5.41) is 24.7. The van der Waals surface area contributed by atoms with Crippen molar-refractivity contribution in [2.45, 2.75) is 51.4 Å². The van der Waals surface area contributed by atoms with E-state index in [0.29, 0.717) is 66.8 Å². The molecule has 0 saturated carbocycles. The van der Waals surface area contributed by atoms with Crippen LogP contribution in [0.25, 0.3) is 11.0 Å². The Morgan fingerprint density at radius 1 is 1.14 bits per heavy atom. The molecule has 0 atom stereocenters. The summed E-state index contributed by atoms with van der Waals surface area (Å²) in [6.07, 6.45) is -5.71. The number of aromatic nitrogens is 6. The maximum absolute atomic E-state index is 12.5. The van der Waals surface area contributed by atoms with E-state index >= 15 is 0 Å². The normalized spacial score (nSPS) is 14.5. The minimum absolute atomic E-state index is 0.0514. The van der Waals surface area contributed by atoms with Crippen molar-refractivity contribution in [2.24, 2.45) is 0 Å². The highest BCUT2D eigenvalue weighted by Gasteiger charge is 2.38. The first kappa shape index (κ1) is 32.7. The number of hydrogen-bond donors (Lipinski definition) is 3. The predicted octanol–water partition coefficient (Wildman–Crippen LogP) is 3.07. The number of alkyl halides is 6. The van der Waals surface area contributed by atoms with Crippen LogP contribution in [-0.4, -0.2) is 97.3 Å². The molecule has 0 amide bonds. The van der Waals surface area contributed by atoms with Crippen LogP contribution < -0.4 is 10.2 Å². The van der Waals surface area contributed by atoms with E-state index in [2.05, 4.69) is 20.4 Å². The van der Waals surface area contributed by atoms with Crippen LogP contribution in [0.2, 0.25) is 0 Å². The topological polar surface area (TPSA) is 161 Å². The number of ether oxygens (including phenoxy) is 2. The third-order valence-electron chi connectivity index (χ3n) is 5.62. The number of anilines is 3. The number of halogens is 6. The second kappa shape index (κ2) is 14.4. The number of carboxylic acids is 1. The first-order valence-corrected chi connectivity index (χ1v) is 12.5. The quantitative estimate of drug-likeness (QED) is 0.228. The first-order valence-electron chi connectivity index (χ1n) is 12.5. The van der Waals surface area contributed by atoms with E-state index in [0.717, 1.165) is 0 Å². The standard InChI is InChI=1S/C21H27F3N8O3.C2HF3O2/c1-2-34-11-15-17-18(32(30-15)9-10-35-12-21(22,23)24)19(27-16-3-6-25-13-26-16)29-20(28-17)31-7-4-14(33)5-8-31;3-2(4,5)1(6)7/h3,6,13-14,33H,2,4-5,7-12H2,1H3,(H,25,26,27,28,29);(H,6,7). The van der Waals surface area contributed by atoms with Gasteiger partial charge in [0, 0.05) is 25.9 Å². The maximum atomic E-state index is 12.5. The second-order valence-electron chi connectivity index (χ2n) is 8.78. The van der Waals surface area contributed by atoms with Gasteiger partial charge in [0.2, 0.25) is 5.95 Å². The molecule has 0 spiro atoms. The summed E-state index contributed by atoms with van der Waals surface area (Å²) < 4.78 is 81.1. The van der Waals surface area contributed by atoms with Crippen molar-refractivity contribution in [2.75, 3.05) is 43.1 Å². The molecule has 1 fully saturated rings. The van der Waals surface area contributed by atoms with Gasteiger partial charge in [0.05, 0.1) is 25.9 Å².